The molecule has 1 aliphatic rings. The Balaban J connectivity index is 1.56. The molecule has 0 spiro atoms. The molecule has 3 rings (SSSR count). The third-order valence-electron chi connectivity index (χ3n) is 5.11. The van der Waals surface area contributed by atoms with Gasteiger partial charge in [-0.05, 0) is 31.5 Å². The summed E-state index contributed by atoms with van der Waals surface area (Å²) in [5.74, 6) is 2.84. The van der Waals surface area contributed by atoms with Crippen molar-refractivity contribution in [2.45, 2.75) is 25.9 Å². The van der Waals surface area contributed by atoms with Crippen LogP contribution in [0.15, 0.2) is 46.9 Å². The zero-order valence-corrected chi connectivity index (χ0v) is 16.3. The van der Waals surface area contributed by atoms with E-state index in [0.717, 1.165) is 62.0 Å². The highest BCUT2D eigenvalue weighted by atomic mass is 16.5. The Kier molecular flexibility index (Phi) is 7.10. The fourth-order valence-corrected chi connectivity index (χ4v) is 3.66. The maximum atomic E-state index is 9.48. The van der Waals surface area contributed by atoms with Crippen molar-refractivity contribution in [1.29, 1.82) is 0 Å². The van der Waals surface area contributed by atoms with E-state index in [0.29, 0.717) is 6.04 Å². The summed E-state index contributed by atoms with van der Waals surface area (Å²) in [5.41, 5.74) is 1.10. The number of benzene rings is 1. The van der Waals surface area contributed by atoms with Crippen molar-refractivity contribution in [3.05, 3.63) is 59.6 Å². The van der Waals surface area contributed by atoms with Crippen molar-refractivity contribution in [2.24, 2.45) is 0 Å². The van der Waals surface area contributed by atoms with Crippen molar-refractivity contribution in [1.82, 2.24) is 9.80 Å². The molecule has 1 aliphatic heterocycles. The number of aliphatic hydroxyl groups is 1. The molecule has 2 aromatic rings. The number of furan rings is 1. The molecule has 0 aliphatic carbocycles. The number of para-hydroxylation sites is 1. The van der Waals surface area contributed by atoms with Crippen LogP contribution in [-0.2, 0) is 6.54 Å². The molecule has 1 aromatic heterocycles. The van der Waals surface area contributed by atoms with Gasteiger partial charge in [0.05, 0.1) is 13.7 Å². The van der Waals surface area contributed by atoms with Crippen molar-refractivity contribution in [3.8, 4) is 5.75 Å². The summed E-state index contributed by atoms with van der Waals surface area (Å²) in [6.45, 7) is 6.84. The molecule has 1 fully saturated rings. The predicted molar refractivity (Wildman–Crippen MR) is 108 cm³/mol. The summed E-state index contributed by atoms with van der Waals surface area (Å²) in [6, 6.07) is 12.4. The first-order valence-electron chi connectivity index (χ1n) is 9.61. The highest BCUT2D eigenvalue weighted by Crippen LogP contribution is 2.20. The van der Waals surface area contributed by atoms with Crippen LogP contribution >= 0.6 is 0 Å². The second-order valence-corrected chi connectivity index (χ2v) is 7.05. The van der Waals surface area contributed by atoms with E-state index in [1.807, 2.05) is 37.3 Å². The molecule has 5 heteroatoms. The summed E-state index contributed by atoms with van der Waals surface area (Å²) in [4.78, 5) is 4.87. The molecule has 1 atom stereocenters. The van der Waals surface area contributed by atoms with Gasteiger partial charge >= 0.3 is 0 Å². The number of piperazine rings is 1. The number of hydrogen-bond acceptors (Lipinski definition) is 5. The van der Waals surface area contributed by atoms with E-state index in [1.165, 1.54) is 0 Å². The Morgan fingerprint density at radius 2 is 2.07 bits per heavy atom. The molecule has 0 radical (unpaired) electrons. The zero-order chi connectivity index (χ0) is 19.1. The number of rotatable bonds is 8. The van der Waals surface area contributed by atoms with E-state index in [-0.39, 0.29) is 6.61 Å². The molecule has 1 N–H and O–H groups in total. The van der Waals surface area contributed by atoms with Crippen LogP contribution in [0.25, 0.3) is 6.08 Å². The average molecular weight is 370 g/mol. The lowest BCUT2D eigenvalue weighted by molar-refractivity contribution is 0.0547. The van der Waals surface area contributed by atoms with Gasteiger partial charge in [0, 0.05) is 44.4 Å². The lowest BCUT2D eigenvalue weighted by Gasteiger charge is -2.40. The minimum absolute atomic E-state index is 0.212. The normalized spacial score (nSPS) is 19.0. The quantitative estimate of drug-likeness (QED) is 0.773. The maximum Gasteiger partial charge on any atom is 0.126 e. The second kappa shape index (κ2) is 9.74. The van der Waals surface area contributed by atoms with Crippen LogP contribution < -0.4 is 4.74 Å². The van der Waals surface area contributed by atoms with Crippen molar-refractivity contribution < 1.29 is 14.3 Å². The molecule has 1 aromatic carbocycles. The van der Waals surface area contributed by atoms with Crippen LogP contribution in [-0.4, -0.2) is 60.8 Å². The van der Waals surface area contributed by atoms with Crippen LogP contribution in [0.2, 0.25) is 0 Å². The van der Waals surface area contributed by atoms with Gasteiger partial charge in [0.15, 0.2) is 0 Å². The molecule has 0 saturated carbocycles. The summed E-state index contributed by atoms with van der Waals surface area (Å²) in [6.07, 6.45) is 5.10. The molecule has 0 unspecified atom stereocenters. The van der Waals surface area contributed by atoms with Gasteiger partial charge in [-0.3, -0.25) is 9.80 Å². The summed E-state index contributed by atoms with van der Waals surface area (Å²) < 4.78 is 11.1. The first-order chi connectivity index (χ1) is 13.2. The third kappa shape index (κ3) is 5.45. The van der Waals surface area contributed by atoms with E-state index in [4.69, 9.17) is 9.15 Å². The topological polar surface area (TPSA) is 49.1 Å². The lowest BCUT2D eigenvalue weighted by atomic mass is 10.1. The van der Waals surface area contributed by atoms with Crippen LogP contribution in [0.5, 0.6) is 5.75 Å². The molecular formula is C22H30N2O3. The lowest BCUT2D eigenvalue weighted by Crippen LogP contribution is -2.52. The molecule has 146 valence electrons. The zero-order valence-electron chi connectivity index (χ0n) is 16.3. The minimum atomic E-state index is 0.212. The summed E-state index contributed by atoms with van der Waals surface area (Å²) >= 11 is 0. The van der Waals surface area contributed by atoms with Gasteiger partial charge < -0.3 is 14.3 Å². The fourth-order valence-electron chi connectivity index (χ4n) is 3.66. The first kappa shape index (κ1) is 19.7. The molecule has 2 heterocycles. The molecular weight excluding hydrogens is 340 g/mol. The number of aryl methyl sites for hydroxylation is 1. The van der Waals surface area contributed by atoms with Gasteiger partial charge in [0.25, 0.3) is 0 Å². The maximum absolute atomic E-state index is 9.48. The van der Waals surface area contributed by atoms with Crippen LogP contribution in [0.4, 0.5) is 0 Å². The molecule has 1 saturated heterocycles. The van der Waals surface area contributed by atoms with Crippen molar-refractivity contribution in [2.75, 3.05) is 39.9 Å². The second-order valence-electron chi connectivity index (χ2n) is 7.05. The van der Waals surface area contributed by atoms with Gasteiger partial charge in [-0.1, -0.05) is 30.4 Å². The Labute approximate surface area is 161 Å². The van der Waals surface area contributed by atoms with Crippen molar-refractivity contribution in [3.63, 3.8) is 0 Å². The monoisotopic (exact) mass is 370 g/mol. The van der Waals surface area contributed by atoms with Gasteiger partial charge in [0.2, 0.25) is 0 Å². The smallest absolute Gasteiger partial charge is 0.126 e. The number of hydrogen-bond donors (Lipinski definition) is 1. The number of nitrogens with zero attached hydrogens (tertiary/aromatic N) is 2. The Morgan fingerprint density at radius 3 is 2.81 bits per heavy atom. The first-order valence-corrected chi connectivity index (χ1v) is 9.61. The third-order valence-corrected chi connectivity index (χ3v) is 5.11. The van der Waals surface area contributed by atoms with Gasteiger partial charge in [-0.2, -0.15) is 0 Å². The Hall–Kier alpha value is -2.08. The van der Waals surface area contributed by atoms with Gasteiger partial charge in [-0.15, -0.1) is 0 Å². The Morgan fingerprint density at radius 1 is 1.22 bits per heavy atom. The highest BCUT2D eigenvalue weighted by molar-refractivity contribution is 5.57. The molecule has 27 heavy (non-hydrogen) atoms. The number of aliphatic hydroxyl groups excluding tert-OH is 1. The average Bonchev–Trinajstić information content (AvgIpc) is 3.09. The highest BCUT2D eigenvalue weighted by Gasteiger charge is 2.26. The minimum Gasteiger partial charge on any atom is -0.496 e. The van der Waals surface area contributed by atoms with E-state index >= 15 is 0 Å². The van der Waals surface area contributed by atoms with E-state index in [1.54, 1.807) is 7.11 Å². The fraction of sp³-hybridized carbons (Fsp3) is 0.455. The van der Waals surface area contributed by atoms with E-state index in [2.05, 4.69) is 28.0 Å². The SMILES string of the molecule is COc1ccccc1/C=C/CN1CCN(Cc2ccc(C)o2)[C@@H](CCO)C1. The van der Waals surface area contributed by atoms with Crippen LogP contribution in [0, 0.1) is 6.92 Å². The van der Waals surface area contributed by atoms with E-state index in [9.17, 15) is 5.11 Å². The molecule has 0 bridgehead atoms. The van der Waals surface area contributed by atoms with Gasteiger partial charge in [-0.25, -0.2) is 0 Å². The number of ether oxygens (including phenoxy) is 1. The van der Waals surface area contributed by atoms with Crippen LogP contribution in [0.3, 0.4) is 0 Å². The molecule has 5 nitrogen and oxygen atoms in total. The predicted octanol–water partition coefficient (Wildman–Crippen LogP) is 3.18. The number of methoxy groups -OCH3 is 1. The van der Waals surface area contributed by atoms with E-state index < -0.39 is 0 Å². The summed E-state index contributed by atoms with van der Waals surface area (Å²) in [7, 11) is 1.70. The van der Waals surface area contributed by atoms with Crippen LogP contribution in [0.1, 0.15) is 23.5 Å². The summed E-state index contributed by atoms with van der Waals surface area (Å²) in [5, 5.41) is 9.48. The molecule has 0 amide bonds. The Bertz CT molecular complexity index is 741. The van der Waals surface area contributed by atoms with Gasteiger partial charge in [0.1, 0.15) is 17.3 Å². The largest absolute Gasteiger partial charge is 0.496 e. The van der Waals surface area contributed by atoms with Crippen molar-refractivity contribution >= 4 is 6.08 Å². The standard InChI is InChI=1S/C22H30N2O3/c1-18-9-10-21(27-18)17-24-14-13-23(16-20(24)11-15-25)12-5-7-19-6-3-4-8-22(19)26-2/h3-10,20,25H,11-17H2,1-2H3/b7-5+/t20-/m0/s1.